The first-order valence-electron chi connectivity index (χ1n) is 5.93. The standard InChI is InChI=1S/C13H17BrN2O2S/c1-19-9-12(17)15-7-2-8-16-13(18)10-3-5-11(14)6-4-10/h3-6H,2,7-9H2,1H3,(H,15,17)(H,16,18). The van der Waals surface area contributed by atoms with Gasteiger partial charge in [-0.3, -0.25) is 9.59 Å². The summed E-state index contributed by atoms with van der Waals surface area (Å²) in [5, 5.41) is 5.60. The summed E-state index contributed by atoms with van der Waals surface area (Å²) in [6.07, 6.45) is 2.61. The van der Waals surface area contributed by atoms with Crippen LogP contribution in [0.3, 0.4) is 0 Å². The molecule has 19 heavy (non-hydrogen) atoms. The number of nitrogens with one attached hydrogen (secondary N) is 2. The second-order valence-corrected chi connectivity index (χ2v) is 5.68. The summed E-state index contributed by atoms with van der Waals surface area (Å²) in [6.45, 7) is 1.13. The van der Waals surface area contributed by atoms with E-state index in [1.54, 1.807) is 12.1 Å². The Labute approximate surface area is 125 Å². The molecular formula is C13H17BrN2O2S. The van der Waals surface area contributed by atoms with Crippen molar-refractivity contribution < 1.29 is 9.59 Å². The van der Waals surface area contributed by atoms with Crippen LogP contribution in [-0.4, -0.2) is 36.9 Å². The minimum atomic E-state index is -0.0945. The van der Waals surface area contributed by atoms with Crippen molar-refractivity contribution in [1.82, 2.24) is 10.6 Å². The molecule has 2 amide bonds. The first kappa shape index (κ1) is 16.0. The summed E-state index contributed by atoms with van der Waals surface area (Å²) in [6, 6.07) is 7.19. The van der Waals surface area contributed by atoms with Crippen molar-refractivity contribution in [3.05, 3.63) is 34.3 Å². The van der Waals surface area contributed by atoms with Crippen molar-refractivity contribution >= 4 is 39.5 Å². The molecule has 0 bridgehead atoms. The van der Waals surface area contributed by atoms with Gasteiger partial charge in [-0.15, -0.1) is 0 Å². The SMILES string of the molecule is CSCC(=O)NCCCNC(=O)c1ccc(Br)cc1. The third kappa shape index (κ3) is 6.63. The number of rotatable bonds is 7. The molecule has 1 rings (SSSR count). The van der Waals surface area contributed by atoms with E-state index in [0.29, 0.717) is 24.4 Å². The van der Waals surface area contributed by atoms with Crippen LogP contribution in [0, 0.1) is 0 Å². The van der Waals surface area contributed by atoms with E-state index in [9.17, 15) is 9.59 Å². The Hall–Kier alpha value is -1.01. The molecule has 0 spiro atoms. The smallest absolute Gasteiger partial charge is 0.251 e. The normalized spacial score (nSPS) is 10.0. The van der Waals surface area contributed by atoms with Gasteiger partial charge in [0.1, 0.15) is 0 Å². The van der Waals surface area contributed by atoms with Crippen molar-refractivity contribution in [2.24, 2.45) is 0 Å². The lowest BCUT2D eigenvalue weighted by atomic mass is 10.2. The molecule has 0 heterocycles. The first-order chi connectivity index (χ1) is 9.13. The lowest BCUT2D eigenvalue weighted by Crippen LogP contribution is -2.30. The van der Waals surface area contributed by atoms with E-state index in [1.807, 2.05) is 18.4 Å². The molecule has 0 saturated heterocycles. The van der Waals surface area contributed by atoms with Gasteiger partial charge in [0.15, 0.2) is 0 Å². The number of carbonyl (C=O) groups excluding carboxylic acids is 2. The molecule has 0 aliphatic carbocycles. The number of amides is 2. The largest absolute Gasteiger partial charge is 0.355 e. The van der Waals surface area contributed by atoms with Crippen molar-refractivity contribution in [3.63, 3.8) is 0 Å². The van der Waals surface area contributed by atoms with Gasteiger partial charge in [-0.1, -0.05) is 15.9 Å². The minimum absolute atomic E-state index is 0.0340. The molecule has 6 heteroatoms. The highest BCUT2D eigenvalue weighted by Gasteiger charge is 2.04. The molecule has 2 N–H and O–H groups in total. The summed E-state index contributed by atoms with van der Waals surface area (Å²) in [7, 11) is 0. The van der Waals surface area contributed by atoms with E-state index < -0.39 is 0 Å². The lowest BCUT2D eigenvalue weighted by Gasteiger charge is -2.06. The topological polar surface area (TPSA) is 58.2 Å². The summed E-state index contributed by atoms with van der Waals surface area (Å²) in [5.74, 6) is 0.417. The van der Waals surface area contributed by atoms with Gasteiger partial charge in [-0.05, 0) is 36.9 Å². The molecule has 1 aromatic rings. The van der Waals surface area contributed by atoms with E-state index in [2.05, 4.69) is 26.6 Å². The van der Waals surface area contributed by atoms with Crippen LogP contribution in [0.4, 0.5) is 0 Å². The van der Waals surface area contributed by atoms with Gasteiger partial charge in [0.25, 0.3) is 5.91 Å². The highest BCUT2D eigenvalue weighted by molar-refractivity contribution is 9.10. The molecule has 0 aromatic heterocycles. The number of thioether (sulfide) groups is 1. The molecule has 104 valence electrons. The molecule has 0 unspecified atom stereocenters. The molecule has 0 fully saturated rings. The summed E-state index contributed by atoms with van der Waals surface area (Å²) in [5.41, 5.74) is 0.634. The monoisotopic (exact) mass is 344 g/mol. The Morgan fingerprint density at radius 1 is 1.16 bits per heavy atom. The van der Waals surface area contributed by atoms with Gasteiger partial charge in [0.2, 0.25) is 5.91 Å². The first-order valence-corrected chi connectivity index (χ1v) is 8.11. The maximum absolute atomic E-state index is 11.7. The van der Waals surface area contributed by atoms with Gasteiger partial charge < -0.3 is 10.6 Å². The van der Waals surface area contributed by atoms with E-state index in [0.717, 1.165) is 10.9 Å². The van der Waals surface area contributed by atoms with Gasteiger partial charge in [-0.2, -0.15) is 11.8 Å². The maximum atomic E-state index is 11.7. The predicted molar refractivity (Wildman–Crippen MR) is 82.5 cm³/mol. The Kier molecular flexibility index (Phi) is 7.59. The average molecular weight is 345 g/mol. The second-order valence-electron chi connectivity index (χ2n) is 3.90. The third-order valence-electron chi connectivity index (χ3n) is 2.34. The molecule has 0 aliphatic rings. The van der Waals surface area contributed by atoms with Crippen LogP contribution in [0.15, 0.2) is 28.7 Å². The van der Waals surface area contributed by atoms with Crippen molar-refractivity contribution in [2.45, 2.75) is 6.42 Å². The molecule has 0 saturated carbocycles. The van der Waals surface area contributed by atoms with Crippen LogP contribution in [0.5, 0.6) is 0 Å². The van der Waals surface area contributed by atoms with E-state index >= 15 is 0 Å². The predicted octanol–water partition coefficient (Wildman–Crippen LogP) is 2.05. The Bertz CT molecular complexity index is 423. The highest BCUT2D eigenvalue weighted by Crippen LogP contribution is 2.10. The van der Waals surface area contributed by atoms with Crippen LogP contribution >= 0.6 is 27.7 Å². The van der Waals surface area contributed by atoms with Crippen LogP contribution < -0.4 is 10.6 Å². The van der Waals surface area contributed by atoms with Crippen molar-refractivity contribution in [1.29, 1.82) is 0 Å². The highest BCUT2D eigenvalue weighted by atomic mass is 79.9. The van der Waals surface area contributed by atoms with Crippen LogP contribution in [0.25, 0.3) is 0 Å². The summed E-state index contributed by atoms with van der Waals surface area (Å²) >= 11 is 4.81. The van der Waals surface area contributed by atoms with Crippen molar-refractivity contribution in [3.8, 4) is 0 Å². The number of carbonyl (C=O) groups is 2. The third-order valence-corrected chi connectivity index (χ3v) is 3.42. The van der Waals surface area contributed by atoms with Crippen LogP contribution in [-0.2, 0) is 4.79 Å². The molecule has 4 nitrogen and oxygen atoms in total. The van der Waals surface area contributed by atoms with Gasteiger partial charge in [-0.25, -0.2) is 0 Å². The van der Waals surface area contributed by atoms with E-state index in [-0.39, 0.29) is 11.8 Å². The Morgan fingerprint density at radius 2 is 1.79 bits per heavy atom. The fourth-order valence-corrected chi connectivity index (χ4v) is 2.03. The number of hydrogen-bond acceptors (Lipinski definition) is 3. The molecule has 0 aliphatic heterocycles. The van der Waals surface area contributed by atoms with Crippen LogP contribution in [0.2, 0.25) is 0 Å². The Balaban J connectivity index is 2.17. The fourth-order valence-electron chi connectivity index (χ4n) is 1.40. The number of hydrogen-bond donors (Lipinski definition) is 2. The molecule has 0 atom stereocenters. The fraction of sp³-hybridized carbons (Fsp3) is 0.385. The summed E-state index contributed by atoms with van der Waals surface area (Å²) < 4.78 is 0.945. The van der Waals surface area contributed by atoms with E-state index in [4.69, 9.17) is 0 Å². The quantitative estimate of drug-likeness (QED) is 0.744. The Morgan fingerprint density at radius 3 is 2.42 bits per heavy atom. The second kappa shape index (κ2) is 8.98. The van der Waals surface area contributed by atoms with Crippen LogP contribution in [0.1, 0.15) is 16.8 Å². The van der Waals surface area contributed by atoms with Gasteiger partial charge in [0.05, 0.1) is 5.75 Å². The zero-order valence-corrected chi connectivity index (χ0v) is 13.1. The lowest BCUT2D eigenvalue weighted by molar-refractivity contribution is -0.118. The maximum Gasteiger partial charge on any atom is 0.251 e. The van der Waals surface area contributed by atoms with Crippen molar-refractivity contribution in [2.75, 3.05) is 25.1 Å². The minimum Gasteiger partial charge on any atom is -0.355 e. The molecule has 0 radical (unpaired) electrons. The zero-order chi connectivity index (χ0) is 14.1. The van der Waals surface area contributed by atoms with E-state index in [1.165, 1.54) is 11.8 Å². The molecule has 1 aromatic carbocycles. The number of benzene rings is 1. The van der Waals surface area contributed by atoms with Gasteiger partial charge in [0, 0.05) is 23.1 Å². The van der Waals surface area contributed by atoms with Gasteiger partial charge >= 0.3 is 0 Å². The average Bonchev–Trinajstić information content (AvgIpc) is 2.39. The zero-order valence-electron chi connectivity index (χ0n) is 10.7. The molecular weight excluding hydrogens is 328 g/mol. The summed E-state index contributed by atoms with van der Waals surface area (Å²) in [4.78, 5) is 22.9. The number of halogens is 1.